The van der Waals surface area contributed by atoms with Gasteiger partial charge in [0, 0.05) is 30.3 Å². The first kappa shape index (κ1) is 30.2. The molecule has 2 heterocycles. The molecule has 13 heteroatoms. The van der Waals surface area contributed by atoms with Crippen LogP contribution in [-0.2, 0) is 19.0 Å². The number of aromatic nitrogens is 2. The van der Waals surface area contributed by atoms with Gasteiger partial charge in [-0.1, -0.05) is 29.0 Å². The molecule has 41 heavy (non-hydrogen) atoms. The molecule has 1 amide bonds. The minimum absolute atomic E-state index is 0.0214. The Hall–Kier alpha value is -3.78. The van der Waals surface area contributed by atoms with Gasteiger partial charge in [-0.25, -0.2) is 14.8 Å². The van der Waals surface area contributed by atoms with Gasteiger partial charge in [0.1, 0.15) is 29.6 Å². The Morgan fingerprint density at radius 2 is 1.90 bits per heavy atom. The summed E-state index contributed by atoms with van der Waals surface area (Å²) in [5.41, 5.74) is 1.31. The third-order valence-corrected chi connectivity index (χ3v) is 7.79. The van der Waals surface area contributed by atoms with Crippen molar-refractivity contribution < 1.29 is 36.4 Å². The molecule has 0 saturated carbocycles. The lowest BCUT2D eigenvalue weighted by Crippen LogP contribution is -2.34. The summed E-state index contributed by atoms with van der Waals surface area (Å²) in [7, 11) is -2.41. The Balaban J connectivity index is 1.38. The zero-order valence-corrected chi connectivity index (χ0v) is 24.9. The number of aliphatic hydroxyl groups excluding tert-OH is 1. The molecule has 1 unspecified atom stereocenters. The maximum Gasteiger partial charge on any atom is 0.416 e. The maximum atomic E-state index is 12.5. The number of aryl methyl sites for hydroxylation is 1. The molecule has 4 rings (SSSR count). The molecule has 4 aromatic rings. The predicted octanol–water partition coefficient (Wildman–Crippen LogP) is 5.28. The molecule has 0 bridgehead atoms. The van der Waals surface area contributed by atoms with E-state index in [-0.39, 0.29) is 11.5 Å². The van der Waals surface area contributed by atoms with E-state index in [1.54, 1.807) is 76.5 Å². The molecule has 11 nitrogen and oxygen atoms in total. The van der Waals surface area contributed by atoms with Crippen LogP contribution in [0.25, 0.3) is 23.3 Å². The largest absolute Gasteiger partial charge is 0.485 e. The van der Waals surface area contributed by atoms with Gasteiger partial charge in [-0.2, -0.15) is 8.42 Å². The molecule has 1 N–H and O–H groups in total. The number of amides is 1. The van der Waals surface area contributed by atoms with Crippen molar-refractivity contribution in [2.24, 2.45) is 0 Å². The number of fused-ring (bicyclic) bond motifs is 1. The highest BCUT2D eigenvalue weighted by atomic mass is 32.2. The molecule has 2 aromatic heterocycles. The van der Waals surface area contributed by atoms with E-state index in [4.69, 9.17) is 18.1 Å². The second kappa shape index (κ2) is 12.4. The van der Waals surface area contributed by atoms with Crippen molar-refractivity contribution in [3.63, 3.8) is 0 Å². The topological polar surface area (TPSA) is 141 Å². The fourth-order valence-electron chi connectivity index (χ4n) is 3.39. The highest BCUT2D eigenvalue weighted by Crippen LogP contribution is 2.27. The first-order chi connectivity index (χ1) is 19.3. The summed E-state index contributed by atoms with van der Waals surface area (Å²) >= 11 is 1.30. The van der Waals surface area contributed by atoms with Gasteiger partial charge in [0.25, 0.3) is 10.1 Å². The highest BCUT2D eigenvalue weighted by Gasteiger charge is 2.22. The first-order valence-corrected chi connectivity index (χ1v) is 14.8. The van der Waals surface area contributed by atoms with Gasteiger partial charge in [-0.3, -0.25) is 9.08 Å². The summed E-state index contributed by atoms with van der Waals surface area (Å²) in [5, 5.41) is 10.2. The number of carbonyl (C=O) groups excluding carboxylic acids is 1. The van der Waals surface area contributed by atoms with Crippen molar-refractivity contribution in [2.75, 3.05) is 25.2 Å². The normalized spacial score (nSPS) is 13.0. The zero-order chi connectivity index (χ0) is 29.8. The molecule has 0 fully saturated rings. The number of nitrogens with zero attached hydrogens (tertiary/aromatic N) is 3. The predicted molar refractivity (Wildman–Crippen MR) is 156 cm³/mol. The molecule has 218 valence electrons. The Bertz CT molecular complexity index is 1640. The quantitative estimate of drug-likeness (QED) is 0.239. The summed E-state index contributed by atoms with van der Waals surface area (Å²) in [6.07, 6.45) is 3.63. The van der Waals surface area contributed by atoms with Crippen LogP contribution in [0.5, 0.6) is 5.75 Å². The second-order valence-corrected chi connectivity index (χ2v) is 12.7. The van der Waals surface area contributed by atoms with Crippen LogP contribution in [0.15, 0.2) is 58.0 Å². The lowest BCUT2D eigenvalue weighted by atomic mass is 10.2. The van der Waals surface area contributed by atoms with Crippen LogP contribution in [0.1, 0.15) is 37.1 Å². The number of anilines is 1. The van der Waals surface area contributed by atoms with Gasteiger partial charge < -0.3 is 19.0 Å². The smallest absolute Gasteiger partial charge is 0.416 e. The minimum atomic E-state index is -4.01. The van der Waals surface area contributed by atoms with Crippen LogP contribution in [0, 0.1) is 6.92 Å². The molecule has 0 aliphatic rings. The van der Waals surface area contributed by atoms with Crippen molar-refractivity contribution in [1.82, 2.24) is 9.97 Å². The average Bonchev–Trinajstić information content (AvgIpc) is 3.55. The van der Waals surface area contributed by atoms with Gasteiger partial charge in [0.2, 0.25) is 5.89 Å². The number of ether oxygens (including phenoxy) is 2. The minimum Gasteiger partial charge on any atom is -0.485 e. The molecule has 1 atom stereocenters. The first-order valence-electron chi connectivity index (χ1n) is 12.6. The van der Waals surface area contributed by atoms with Crippen molar-refractivity contribution in [1.29, 1.82) is 0 Å². The number of carbonyl (C=O) groups is 1. The summed E-state index contributed by atoms with van der Waals surface area (Å²) in [6, 6.07) is 11.2. The molecular formula is C28H31N3O8S2. The van der Waals surface area contributed by atoms with Crippen LogP contribution >= 0.6 is 11.3 Å². The van der Waals surface area contributed by atoms with Crippen LogP contribution in [-0.4, -0.2) is 61.6 Å². The fraction of sp³-hybridized carbons (Fsp3) is 0.321. The molecule has 0 spiro atoms. The van der Waals surface area contributed by atoms with E-state index < -0.39 is 34.5 Å². The molecule has 0 aliphatic carbocycles. The standard InChI is InChI=1S/C28H31N3O8S2/c1-18-6-10-22(11-7-18)41(34,35)36-17-20(16-32)37-19-8-12-23-24(14-19)38-25(30-23)13-9-21-15-29-26(40-21)31(5)27(33)39-28(2,3)4/h6-15,20,32H,16-17H2,1-5H3/b13-9+. The van der Waals surface area contributed by atoms with Crippen molar-refractivity contribution in [3.8, 4) is 5.75 Å². The number of oxazole rings is 1. The molecule has 0 aliphatic heterocycles. The van der Waals surface area contributed by atoms with E-state index >= 15 is 0 Å². The number of rotatable bonds is 10. The van der Waals surface area contributed by atoms with Crippen LogP contribution in [0.2, 0.25) is 0 Å². The van der Waals surface area contributed by atoms with Crippen molar-refractivity contribution in [2.45, 2.75) is 44.3 Å². The number of hydrogen-bond donors (Lipinski definition) is 1. The van der Waals surface area contributed by atoms with E-state index in [0.29, 0.717) is 27.9 Å². The average molecular weight is 602 g/mol. The number of aliphatic hydroxyl groups is 1. The second-order valence-electron chi connectivity index (χ2n) is 10.1. The highest BCUT2D eigenvalue weighted by molar-refractivity contribution is 7.86. The third-order valence-electron chi connectivity index (χ3n) is 5.46. The number of hydrogen-bond acceptors (Lipinski definition) is 11. The van der Waals surface area contributed by atoms with Crippen molar-refractivity contribution in [3.05, 3.63) is 65.0 Å². The van der Waals surface area contributed by atoms with Crippen LogP contribution < -0.4 is 9.64 Å². The maximum absolute atomic E-state index is 12.5. The van der Waals surface area contributed by atoms with E-state index in [1.165, 1.54) is 28.4 Å². The third kappa shape index (κ3) is 8.13. The lowest BCUT2D eigenvalue weighted by molar-refractivity contribution is 0.0589. The van der Waals surface area contributed by atoms with Gasteiger partial charge in [-0.15, -0.1) is 0 Å². The Labute approximate surface area is 242 Å². The van der Waals surface area contributed by atoms with E-state index in [1.807, 2.05) is 6.92 Å². The molecule has 0 radical (unpaired) electrons. The van der Waals surface area contributed by atoms with Gasteiger partial charge in [0.05, 0.1) is 11.5 Å². The molecule has 0 saturated heterocycles. The summed E-state index contributed by atoms with van der Waals surface area (Å²) in [4.78, 5) is 23.1. The number of thiazole rings is 1. The van der Waals surface area contributed by atoms with Gasteiger partial charge in [-0.05, 0) is 58.0 Å². The SMILES string of the molecule is Cc1ccc(S(=O)(=O)OCC(CO)Oc2ccc3nc(/C=C/c4cnc(N(C)C(=O)OC(C)(C)C)s4)oc3c2)cc1. The van der Waals surface area contributed by atoms with Gasteiger partial charge in [0.15, 0.2) is 10.7 Å². The Morgan fingerprint density at radius 3 is 2.59 bits per heavy atom. The monoisotopic (exact) mass is 601 g/mol. The Morgan fingerprint density at radius 1 is 1.17 bits per heavy atom. The van der Waals surface area contributed by atoms with E-state index in [0.717, 1.165) is 10.4 Å². The zero-order valence-electron chi connectivity index (χ0n) is 23.2. The Kier molecular flexibility index (Phi) is 9.12. The van der Waals surface area contributed by atoms with Crippen LogP contribution in [0.4, 0.5) is 9.93 Å². The van der Waals surface area contributed by atoms with E-state index in [2.05, 4.69) is 9.97 Å². The van der Waals surface area contributed by atoms with E-state index in [9.17, 15) is 18.3 Å². The van der Waals surface area contributed by atoms with Gasteiger partial charge >= 0.3 is 6.09 Å². The molecular weight excluding hydrogens is 570 g/mol. The molecule has 2 aromatic carbocycles. The van der Waals surface area contributed by atoms with Crippen LogP contribution in [0.3, 0.4) is 0 Å². The summed E-state index contributed by atoms with van der Waals surface area (Å²) < 4.78 is 46.9. The fourth-order valence-corrected chi connectivity index (χ4v) is 5.10. The summed E-state index contributed by atoms with van der Waals surface area (Å²) in [6.45, 7) is 6.39. The lowest BCUT2D eigenvalue weighted by Gasteiger charge is -2.23. The summed E-state index contributed by atoms with van der Waals surface area (Å²) in [5.74, 6) is 0.677. The van der Waals surface area contributed by atoms with Crippen molar-refractivity contribution >= 4 is 55.9 Å². The number of benzene rings is 2.